The zero-order chi connectivity index (χ0) is 12.5. The quantitative estimate of drug-likeness (QED) is 0.853. The molecule has 2 aromatic rings. The van der Waals surface area contributed by atoms with Crippen molar-refractivity contribution in [3.63, 3.8) is 0 Å². The number of para-hydroxylation sites is 2. The molecule has 94 valence electrons. The number of aromatic amines is 1. The minimum Gasteiger partial charge on any atom is -0.481 e. The first-order valence-corrected chi connectivity index (χ1v) is 6.43. The Bertz CT molecular complexity index is 543. The molecule has 3 rings (SSSR count). The van der Waals surface area contributed by atoms with E-state index in [0.29, 0.717) is 0 Å². The average molecular weight is 244 g/mol. The summed E-state index contributed by atoms with van der Waals surface area (Å²) < 4.78 is 0. The number of aromatic nitrogens is 2. The van der Waals surface area contributed by atoms with Crippen molar-refractivity contribution >= 4 is 17.0 Å². The smallest absolute Gasteiger partial charge is 0.307 e. The van der Waals surface area contributed by atoms with Gasteiger partial charge in [-0.15, -0.1) is 0 Å². The lowest BCUT2D eigenvalue weighted by Crippen LogP contribution is -2.26. The van der Waals surface area contributed by atoms with E-state index in [1.54, 1.807) is 0 Å². The number of nitrogens with zero attached hydrogens (tertiary/aromatic N) is 1. The molecule has 1 aromatic carbocycles. The highest BCUT2D eigenvalue weighted by Gasteiger charge is 2.33. The fourth-order valence-corrected chi connectivity index (χ4v) is 2.90. The first-order chi connectivity index (χ1) is 8.75. The van der Waals surface area contributed by atoms with E-state index in [-0.39, 0.29) is 11.8 Å². The lowest BCUT2D eigenvalue weighted by Gasteiger charge is -2.26. The van der Waals surface area contributed by atoms with Crippen LogP contribution in [0.1, 0.15) is 37.4 Å². The number of rotatable bonds is 2. The zero-order valence-electron chi connectivity index (χ0n) is 10.1. The molecule has 0 bridgehead atoms. The molecular weight excluding hydrogens is 228 g/mol. The van der Waals surface area contributed by atoms with Crippen LogP contribution in [0.15, 0.2) is 24.3 Å². The highest BCUT2D eigenvalue weighted by molar-refractivity contribution is 5.76. The van der Waals surface area contributed by atoms with Crippen LogP contribution in [0.4, 0.5) is 0 Å². The fourth-order valence-electron chi connectivity index (χ4n) is 2.90. The highest BCUT2D eigenvalue weighted by atomic mass is 16.4. The van der Waals surface area contributed by atoms with Gasteiger partial charge in [0, 0.05) is 5.92 Å². The third kappa shape index (κ3) is 1.88. The molecule has 1 aliphatic rings. The van der Waals surface area contributed by atoms with Gasteiger partial charge < -0.3 is 10.1 Å². The number of imidazole rings is 1. The Balaban J connectivity index is 1.98. The summed E-state index contributed by atoms with van der Waals surface area (Å²) in [6.07, 6.45) is 3.77. The number of carbonyl (C=O) groups is 1. The van der Waals surface area contributed by atoms with Gasteiger partial charge in [0.1, 0.15) is 5.82 Å². The van der Waals surface area contributed by atoms with Gasteiger partial charge in [-0.2, -0.15) is 0 Å². The summed E-state index contributed by atoms with van der Waals surface area (Å²) in [4.78, 5) is 19.1. The van der Waals surface area contributed by atoms with Gasteiger partial charge in [-0.05, 0) is 25.0 Å². The summed E-state index contributed by atoms with van der Waals surface area (Å²) >= 11 is 0. The molecule has 4 nitrogen and oxygen atoms in total. The molecule has 1 aliphatic carbocycles. The van der Waals surface area contributed by atoms with E-state index < -0.39 is 5.97 Å². The monoisotopic (exact) mass is 244 g/mol. The third-order valence-electron chi connectivity index (χ3n) is 3.84. The van der Waals surface area contributed by atoms with Crippen molar-refractivity contribution in [1.29, 1.82) is 0 Å². The van der Waals surface area contributed by atoms with Crippen LogP contribution in [0.2, 0.25) is 0 Å². The van der Waals surface area contributed by atoms with Crippen molar-refractivity contribution in [3.8, 4) is 0 Å². The van der Waals surface area contributed by atoms with E-state index in [1.807, 2.05) is 24.3 Å². The molecule has 1 heterocycles. The maximum absolute atomic E-state index is 11.3. The molecule has 1 saturated carbocycles. The molecule has 0 radical (unpaired) electrons. The number of hydrogen-bond donors (Lipinski definition) is 2. The van der Waals surface area contributed by atoms with Crippen LogP contribution in [0, 0.1) is 5.92 Å². The van der Waals surface area contributed by atoms with Crippen molar-refractivity contribution in [2.75, 3.05) is 0 Å². The number of H-pyrrole nitrogens is 1. The van der Waals surface area contributed by atoms with Gasteiger partial charge in [0.15, 0.2) is 0 Å². The number of carboxylic acids is 1. The summed E-state index contributed by atoms with van der Waals surface area (Å²) in [5.74, 6) is -0.119. The molecule has 4 heteroatoms. The van der Waals surface area contributed by atoms with Crippen LogP contribution >= 0.6 is 0 Å². The predicted molar refractivity (Wildman–Crippen MR) is 68.4 cm³/mol. The molecule has 1 aromatic heterocycles. The van der Waals surface area contributed by atoms with E-state index in [4.69, 9.17) is 0 Å². The van der Waals surface area contributed by atoms with Crippen LogP contribution < -0.4 is 0 Å². The number of carboxylic acid groups (broad SMARTS) is 1. The van der Waals surface area contributed by atoms with Crippen LogP contribution in [0.5, 0.6) is 0 Å². The lowest BCUT2D eigenvalue weighted by molar-refractivity contribution is -0.143. The highest BCUT2D eigenvalue weighted by Crippen LogP contribution is 2.37. The molecule has 18 heavy (non-hydrogen) atoms. The van der Waals surface area contributed by atoms with Gasteiger partial charge in [-0.3, -0.25) is 4.79 Å². The van der Waals surface area contributed by atoms with E-state index in [9.17, 15) is 9.90 Å². The summed E-state index contributed by atoms with van der Waals surface area (Å²) in [7, 11) is 0. The van der Waals surface area contributed by atoms with E-state index in [2.05, 4.69) is 9.97 Å². The molecule has 0 spiro atoms. The van der Waals surface area contributed by atoms with E-state index in [1.165, 1.54) is 0 Å². The Labute approximate surface area is 105 Å². The Morgan fingerprint density at radius 1 is 1.28 bits per heavy atom. The topological polar surface area (TPSA) is 66.0 Å². The molecule has 0 amide bonds. The second kappa shape index (κ2) is 4.44. The summed E-state index contributed by atoms with van der Waals surface area (Å²) in [6, 6.07) is 7.83. The maximum Gasteiger partial charge on any atom is 0.307 e. The first kappa shape index (κ1) is 11.3. The number of benzene rings is 1. The van der Waals surface area contributed by atoms with Crippen LogP contribution in [0.25, 0.3) is 11.0 Å². The number of hydrogen-bond acceptors (Lipinski definition) is 2. The molecule has 0 saturated heterocycles. The zero-order valence-corrected chi connectivity index (χ0v) is 10.1. The predicted octanol–water partition coefficient (Wildman–Crippen LogP) is 2.92. The number of nitrogens with one attached hydrogen (secondary N) is 1. The van der Waals surface area contributed by atoms with Crippen molar-refractivity contribution in [2.45, 2.75) is 31.6 Å². The Kier molecular flexibility index (Phi) is 2.78. The molecular formula is C14H16N2O2. The van der Waals surface area contributed by atoms with Crippen molar-refractivity contribution < 1.29 is 9.90 Å². The van der Waals surface area contributed by atoms with Crippen molar-refractivity contribution in [1.82, 2.24) is 9.97 Å². The Morgan fingerprint density at radius 3 is 2.83 bits per heavy atom. The molecule has 0 unspecified atom stereocenters. The molecule has 0 aliphatic heterocycles. The summed E-state index contributed by atoms with van der Waals surface area (Å²) in [5, 5.41) is 9.30. The largest absolute Gasteiger partial charge is 0.481 e. The van der Waals surface area contributed by atoms with Gasteiger partial charge >= 0.3 is 5.97 Å². The summed E-state index contributed by atoms with van der Waals surface area (Å²) in [6.45, 7) is 0. The molecule has 2 N–H and O–H groups in total. The maximum atomic E-state index is 11.3. The minimum absolute atomic E-state index is 0.0312. The molecule has 1 fully saturated rings. The second-order valence-corrected chi connectivity index (χ2v) is 4.97. The van der Waals surface area contributed by atoms with Gasteiger partial charge in [0.05, 0.1) is 17.0 Å². The minimum atomic E-state index is -0.694. The SMILES string of the molecule is O=C(O)[C@H]1CCCC[C@@H]1c1nc2ccccc2[nH]1. The Morgan fingerprint density at radius 2 is 2.06 bits per heavy atom. The van der Waals surface area contributed by atoms with Gasteiger partial charge in [0.25, 0.3) is 0 Å². The molecule has 2 atom stereocenters. The third-order valence-corrected chi connectivity index (χ3v) is 3.84. The first-order valence-electron chi connectivity index (χ1n) is 6.43. The van der Waals surface area contributed by atoms with Crippen LogP contribution in [-0.2, 0) is 4.79 Å². The van der Waals surface area contributed by atoms with Crippen molar-refractivity contribution in [2.24, 2.45) is 5.92 Å². The van der Waals surface area contributed by atoms with Gasteiger partial charge in [-0.25, -0.2) is 4.98 Å². The fraction of sp³-hybridized carbons (Fsp3) is 0.429. The Hall–Kier alpha value is -1.84. The summed E-state index contributed by atoms with van der Waals surface area (Å²) in [5.41, 5.74) is 1.91. The van der Waals surface area contributed by atoms with E-state index >= 15 is 0 Å². The number of aliphatic carboxylic acids is 1. The van der Waals surface area contributed by atoms with Crippen LogP contribution in [0.3, 0.4) is 0 Å². The van der Waals surface area contributed by atoms with Gasteiger partial charge in [0.2, 0.25) is 0 Å². The lowest BCUT2D eigenvalue weighted by atomic mass is 9.79. The van der Waals surface area contributed by atoms with Crippen molar-refractivity contribution in [3.05, 3.63) is 30.1 Å². The number of fused-ring (bicyclic) bond motifs is 1. The van der Waals surface area contributed by atoms with Crippen LogP contribution in [-0.4, -0.2) is 21.0 Å². The average Bonchev–Trinajstić information content (AvgIpc) is 2.82. The van der Waals surface area contributed by atoms with E-state index in [0.717, 1.165) is 42.5 Å². The second-order valence-electron chi connectivity index (χ2n) is 4.97. The van der Waals surface area contributed by atoms with Gasteiger partial charge in [-0.1, -0.05) is 25.0 Å². The standard InChI is InChI=1S/C14H16N2O2/c17-14(18)10-6-2-1-5-9(10)13-15-11-7-3-4-8-12(11)16-13/h3-4,7-10H,1-2,5-6H2,(H,15,16)(H,17,18)/t9-,10-/m0/s1. The normalized spacial score (nSPS) is 24.2.